The Morgan fingerprint density at radius 3 is 2.52 bits per heavy atom. The largest absolute Gasteiger partial charge is 0.496 e. The second-order valence-corrected chi connectivity index (χ2v) is 4.59. The van der Waals surface area contributed by atoms with E-state index in [1.54, 1.807) is 37.3 Å². The van der Waals surface area contributed by atoms with Crippen LogP contribution in [0.1, 0.15) is 27.6 Å². The maximum atomic E-state index is 11.8. The quantitative estimate of drug-likeness (QED) is 0.465. The Morgan fingerprint density at radius 2 is 1.87 bits per heavy atom. The molecule has 0 aliphatic heterocycles. The Bertz CT molecular complexity index is 727. The smallest absolute Gasteiger partial charge is 0.341 e. The van der Waals surface area contributed by atoms with Crippen molar-refractivity contribution in [2.75, 3.05) is 13.7 Å². The topological polar surface area (TPSA) is 61.8 Å². The maximum absolute atomic E-state index is 11.8. The Hall–Kier alpha value is -2.76. The first kappa shape index (κ1) is 16.6. The van der Waals surface area contributed by atoms with Crippen molar-refractivity contribution in [1.82, 2.24) is 0 Å². The molecule has 6 heteroatoms. The third-order valence-electron chi connectivity index (χ3n) is 3.09. The van der Waals surface area contributed by atoms with E-state index in [9.17, 15) is 9.59 Å². The summed E-state index contributed by atoms with van der Waals surface area (Å²) in [5, 5.41) is 0. The number of rotatable bonds is 6. The van der Waals surface area contributed by atoms with Crippen LogP contribution in [0.15, 0.2) is 36.4 Å². The number of esters is 1. The van der Waals surface area contributed by atoms with Crippen LogP contribution in [0, 0.1) is 0 Å². The molecule has 0 spiro atoms. The number of ether oxygens (including phenoxy) is 3. The summed E-state index contributed by atoms with van der Waals surface area (Å²) in [4.78, 5) is 22.7. The van der Waals surface area contributed by atoms with Crippen molar-refractivity contribution in [3.05, 3.63) is 47.5 Å². The van der Waals surface area contributed by atoms with E-state index in [1.807, 2.05) is 0 Å². The van der Waals surface area contributed by atoms with Gasteiger partial charge in [-0.3, -0.25) is 4.79 Å². The average molecular weight is 310 g/mol. The van der Waals surface area contributed by atoms with Gasteiger partial charge in [0.2, 0.25) is 0 Å². The van der Waals surface area contributed by atoms with Crippen LogP contribution in [0.5, 0.6) is 17.2 Å². The number of hydrogen-bond donors (Lipinski definition) is 0. The van der Waals surface area contributed by atoms with E-state index in [0.717, 1.165) is 0 Å². The second kappa shape index (κ2) is 7.49. The van der Waals surface area contributed by atoms with Crippen molar-refractivity contribution in [2.24, 2.45) is 0 Å². The summed E-state index contributed by atoms with van der Waals surface area (Å²) in [7, 11) is 7.12. The minimum absolute atomic E-state index is 0.278. The number of methoxy groups -OCH3 is 1. The van der Waals surface area contributed by atoms with Gasteiger partial charge in [-0.05, 0) is 31.2 Å². The Kier molecular flexibility index (Phi) is 5.41. The molecule has 2 aromatic rings. The van der Waals surface area contributed by atoms with E-state index in [0.29, 0.717) is 40.1 Å². The normalized spacial score (nSPS) is 10.0. The lowest BCUT2D eigenvalue weighted by Crippen LogP contribution is -2.09. The number of carbonyl (C=O) groups is 2. The van der Waals surface area contributed by atoms with Crippen molar-refractivity contribution < 1.29 is 23.8 Å². The van der Waals surface area contributed by atoms with E-state index in [1.165, 1.54) is 13.2 Å². The molecular formula is C17H15BO5. The van der Waals surface area contributed by atoms with E-state index in [4.69, 9.17) is 22.1 Å². The van der Waals surface area contributed by atoms with Gasteiger partial charge in [-0.25, -0.2) is 4.79 Å². The first-order valence-corrected chi connectivity index (χ1v) is 6.96. The van der Waals surface area contributed by atoms with Crippen LogP contribution in [0.4, 0.5) is 0 Å². The standard InChI is InChI=1S/C17H15BO5/c1-3-22-17(20)14-6-4-13(9-16(14)21-2)23-12-5-7-15(18)11(8-12)10-19/h4-10H,3H2,1-2H3. The first-order valence-electron chi connectivity index (χ1n) is 6.96. The molecule has 0 amide bonds. The maximum Gasteiger partial charge on any atom is 0.341 e. The summed E-state index contributed by atoms with van der Waals surface area (Å²) in [5.74, 6) is 0.780. The highest BCUT2D eigenvalue weighted by molar-refractivity contribution is 6.35. The van der Waals surface area contributed by atoms with Gasteiger partial charge in [0, 0.05) is 11.6 Å². The SMILES string of the molecule is [B]c1ccc(Oc2ccc(C(=O)OCC)c(OC)c2)cc1C=O. The fraction of sp³-hybridized carbons (Fsp3) is 0.176. The van der Waals surface area contributed by atoms with Crippen LogP contribution < -0.4 is 14.9 Å². The van der Waals surface area contributed by atoms with Crippen LogP contribution in [0.25, 0.3) is 0 Å². The molecule has 0 heterocycles. The minimum Gasteiger partial charge on any atom is -0.496 e. The van der Waals surface area contributed by atoms with Crippen LogP contribution in [-0.4, -0.2) is 33.8 Å². The molecule has 116 valence electrons. The van der Waals surface area contributed by atoms with Crippen LogP contribution in [0.2, 0.25) is 0 Å². The van der Waals surface area contributed by atoms with Gasteiger partial charge in [0.05, 0.1) is 13.7 Å². The fourth-order valence-electron chi connectivity index (χ4n) is 1.97. The number of hydrogen-bond acceptors (Lipinski definition) is 5. The molecule has 23 heavy (non-hydrogen) atoms. The molecule has 0 N–H and O–H groups in total. The van der Waals surface area contributed by atoms with E-state index < -0.39 is 5.97 Å². The van der Waals surface area contributed by atoms with Gasteiger partial charge < -0.3 is 14.2 Å². The highest BCUT2D eigenvalue weighted by Gasteiger charge is 2.14. The van der Waals surface area contributed by atoms with Crippen LogP contribution in [0.3, 0.4) is 0 Å². The molecule has 0 aromatic heterocycles. The van der Waals surface area contributed by atoms with Crippen molar-refractivity contribution in [1.29, 1.82) is 0 Å². The zero-order chi connectivity index (χ0) is 16.8. The van der Waals surface area contributed by atoms with Crippen molar-refractivity contribution in [2.45, 2.75) is 6.92 Å². The van der Waals surface area contributed by atoms with Crippen molar-refractivity contribution in [3.8, 4) is 17.2 Å². The summed E-state index contributed by atoms with van der Waals surface area (Å²) in [6.07, 6.45) is 0.659. The van der Waals surface area contributed by atoms with Gasteiger partial charge in [-0.1, -0.05) is 11.5 Å². The summed E-state index contributed by atoms with van der Waals surface area (Å²) < 4.78 is 15.8. The van der Waals surface area contributed by atoms with Crippen molar-refractivity contribution >= 4 is 25.6 Å². The molecule has 0 aliphatic carbocycles. The molecule has 0 saturated carbocycles. The highest BCUT2D eigenvalue weighted by atomic mass is 16.5. The summed E-state index contributed by atoms with van der Waals surface area (Å²) in [5.41, 5.74) is 1.03. The lowest BCUT2D eigenvalue weighted by molar-refractivity contribution is 0.0522. The Balaban J connectivity index is 2.27. The fourth-order valence-corrected chi connectivity index (χ4v) is 1.97. The summed E-state index contributed by atoms with van der Waals surface area (Å²) >= 11 is 0. The Labute approximate surface area is 135 Å². The molecule has 0 saturated heterocycles. The monoisotopic (exact) mass is 310 g/mol. The molecule has 5 nitrogen and oxygen atoms in total. The molecule has 0 aliphatic rings. The average Bonchev–Trinajstić information content (AvgIpc) is 2.56. The molecular weight excluding hydrogens is 295 g/mol. The molecule has 0 fully saturated rings. The molecule has 2 radical (unpaired) electrons. The van der Waals surface area contributed by atoms with Crippen LogP contribution in [-0.2, 0) is 4.74 Å². The first-order chi connectivity index (χ1) is 11.1. The predicted molar refractivity (Wildman–Crippen MR) is 86.2 cm³/mol. The Morgan fingerprint density at radius 1 is 1.17 bits per heavy atom. The lowest BCUT2D eigenvalue weighted by Gasteiger charge is -2.11. The number of carbonyl (C=O) groups excluding carboxylic acids is 2. The van der Waals surface area contributed by atoms with Gasteiger partial charge in [0.1, 0.15) is 36.9 Å². The van der Waals surface area contributed by atoms with E-state index in [2.05, 4.69) is 0 Å². The summed E-state index contributed by atoms with van der Waals surface area (Å²) in [6.45, 7) is 2.01. The van der Waals surface area contributed by atoms with E-state index >= 15 is 0 Å². The number of aldehydes is 1. The molecule has 0 unspecified atom stereocenters. The van der Waals surface area contributed by atoms with Gasteiger partial charge in [-0.15, -0.1) is 0 Å². The zero-order valence-corrected chi connectivity index (χ0v) is 12.9. The minimum atomic E-state index is -0.466. The van der Waals surface area contributed by atoms with E-state index in [-0.39, 0.29) is 6.61 Å². The zero-order valence-electron chi connectivity index (χ0n) is 12.9. The van der Waals surface area contributed by atoms with Gasteiger partial charge in [0.25, 0.3) is 0 Å². The molecule has 0 atom stereocenters. The predicted octanol–water partition coefficient (Wildman–Crippen LogP) is 2.27. The third-order valence-corrected chi connectivity index (χ3v) is 3.09. The van der Waals surface area contributed by atoms with Gasteiger partial charge in [-0.2, -0.15) is 0 Å². The molecule has 0 bridgehead atoms. The highest BCUT2D eigenvalue weighted by Crippen LogP contribution is 2.29. The van der Waals surface area contributed by atoms with Crippen LogP contribution >= 0.6 is 0 Å². The molecule has 2 rings (SSSR count). The lowest BCUT2D eigenvalue weighted by atomic mass is 9.91. The molecule has 2 aromatic carbocycles. The second-order valence-electron chi connectivity index (χ2n) is 4.59. The van der Waals surface area contributed by atoms with Gasteiger partial charge >= 0.3 is 5.97 Å². The van der Waals surface area contributed by atoms with Crippen molar-refractivity contribution in [3.63, 3.8) is 0 Å². The number of benzene rings is 2. The van der Waals surface area contributed by atoms with Gasteiger partial charge in [0.15, 0.2) is 0 Å². The summed E-state index contributed by atoms with van der Waals surface area (Å²) in [6, 6.07) is 9.52. The third kappa shape index (κ3) is 3.91.